The predicted octanol–water partition coefficient (Wildman–Crippen LogP) is 3.68. The highest BCUT2D eigenvalue weighted by Gasteiger charge is 2.31. The highest BCUT2D eigenvalue weighted by molar-refractivity contribution is 5.33. The summed E-state index contributed by atoms with van der Waals surface area (Å²) in [7, 11) is 0. The molecule has 118 valence electrons. The summed E-state index contributed by atoms with van der Waals surface area (Å²) in [6.45, 7) is 2.02. The minimum absolute atomic E-state index is 0.136. The van der Waals surface area contributed by atoms with Crippen LogP contribution in [0.4, 0.5) is 13.2 Å². The van der Waals surface area contributed by atoms with Crippen LogP contribution in [0.1, 0.15) is 36.8 Å². The zero-order chi connectivity index (χ0) is 15.5. The Balaban J connectivity index is 1.93. The van der Waals surface area contributed by atoms with E-state index in [1.54, 1.807) is 13.0 Å². The van der Waals surface area contributed by atoms with Crippen LogP contribution in [-0.4, -0.2) is 18.5 Å². The lowest BCUT2D eigenvalue weighted by Crippen LogP contribution is -2.30. The molecule has 0 heterocycles. The summed E-state index contributed by atoms with van der Waals surface area (Å²) in [5, 5.41) is 0. The van der Waals surface area contributed by atoms with Gasteiger partial charge in [0.15, 0.2) is 0 Å². The van der Waals surface area contributed by atoms with Crippen molar-refractivity contribution in [2.45, 2.75) is 57.7 Å². The molecule has 1 aliphatic rings. The molecule has 0 spiro atoms. The van der Waals surface area contributed by atoms with Crippen LogP contribution in [0, 0.1) is 6.92 Å². The van der Waals surface area contributed by atoms with Gasteiger partial charge in [-0.3, -0.25) is 0 Å². The maximum absolute atomic E-state index is 12.3. The molecule has 1 fully saturated rings. The van der Waals surface area contributed by atoms with Gasteiger partial charge in [-0.15, -0.1) is 13.2 Å². The second-order valence-electron chi connectivity index (χ2n) is 5.55. The Bertz CT molecular complexity index is 468. The first-order valence-electron chi connectivity index (χ1n) is 7.05. The van der Waals surface area contributed by atoms with Crippen molar-refractivity contribution in [1.29, 1.82) is 0 Å². The van der Waals surface area contributed by atoms with E-state index in [1.807, 2.05) is 0 Å². The minimum atomic E-state index is -4.68. The molecule has 1 saturated carbocycles. The molecule has 21 heavy (non-hydrogen) atoms. The summed E-state index contributed by atoms with van der Waals surface area (Å²) in [5.41, 5.74) is 7.22. The molecule has 2 rings (SSSR count). The molecule has 2 N–H and O–H groups in total. The third kappa shape index (κ3) is 5.55. The van der Waals surface area contributed by atoms with Crippen molar-refractivity contribution in [2.24, 2.45) is 5.73 Å². The van der Waals surface area contributed by atoms with E-state index in [4.69, 9.17) is 10.5 Å². The summed E-state index contributed by atoms with van der Waals surface area (Å²) >= 11 is 0. The summed E-state index contributed by atoms with van der Waals surface area (Å²) in [4.78, 5) is 0. The predicted molar refractivity (Wildman–Crippen MR) is 72.9 cm³/mol. The molecular formula is C15H20F3NO2. The van der Waals surface area contributed by atoms with E-state index in [1.165, 1.54) is 12.1 Å². The average molecular weight is 303 g/mol. The van der Waals surface area contributed by atoms with Gasteiger partial charge in [-0.2, -0.15) is 0 Å². The van der Waals surface area contributed by atoms with Gasteiger partial charge in [-0.1, -0.05) is 6.07 Å². The van der Waals surface area contributed by atoms with E-state index in [-0.39, 0.29) is 24.5 Å². The van der Waals surface area contributed by atoms with Gasteiger partial charge in [0.05, 0.1) is 12.7 Å². The molecule has 0 bridgehead atoms. The van der Waals surface area contributed by atoms with Crippen molar-refractivity contribution in [3.63, 3.8) is 0 Å². The molecule has 0 unspecified atom stereocenters. The van der Waals surface area contributed by atoms with Crippen molar-refractivity contribution in [3.8, 4) is 5.75 Å². The zero-order valence-electron chi connectivity index (χ0n) is 12.0. The minimum Gasteiger partial charge on any atom is -0.406 e. The second kappa shape index (κ2) is 6.66. The van der Waals surface area contributed by atoms with Gasteiger partial charge in [0.25, 0.3) is 0 Å². The lowest BCUT2D eigenvalue weighted by atomic mass is 9.94. The Morgan fingerprint density at radius 2 is 1.81 bits per heavy atom. The number of halogens is 3. The van der Waals surface area contributed by atoms with Crippen molar-refractivity contribution in [3.05, 3.63) is 29.3 Å². The maximum atomic E-state index is 12.3. The largest absolute Gasteiger partial charge is 0.573 e. The van der Waals surface area contributed by atoms with Crippen molar-refractivity contribution in [1.82, 2.24) is 0 Å². The van der Waals surface area contributed by atoms with Gasteiger partial charge in [0.1, 0.15) is 5.75 Å². The molecule has 0 saturated heterocycles. The molecule has 1 aromatic carbocycles. The fourth-order valence-corrected chi connectivity index (χ4v) is 2.57. The smallest absolute Gasteiger partial charge is 0.406 e. The Morgan fingerprint density at radius 3 is 2.43 bits per heavy atom. The number of rotatable bonds is 4. The van der Waals surface area contributed by atoms with E-state index in [2.05, 4.69) is 4.74 Å². The first kappa shape index (κ1) is 16.1. The van der Waals surface area contributed by atoms with E-state index in [0.29, 0.717) is 11.1 Å². The van der Waals surface area contributed by atoms with Crippen LogP contribution in [0.2, 0.25) is 0 Å². The third-order valence-corrected chi connectivity index (χ3v) is 3.55. The van der Waals surface area contributed by atoms with Gasteiger partial charge in [-0.05, 0) is 55.9 Å². The SMILES string of the molecule is Cc1cc(CO[C@H]2CC[C@@H](N)CC2)cc(OC(F)(F)F)c1. The lowest BCUT2D eigenvalue weighted by Gasteiger charge is -2.26. The molecule has 1 aliphatic carbocycles. The molecule has 0 atom stereocenters. The average Bonchev–Trinajstić information content (AvgIpc) is 2.35. The number of alkyl halides is 3. The molecule has 0 aromatic heterocycles. The fourth-order valence-electron chi connectivity index (χ4n) is 2.57. The first-order valence-corrected chi connectivity index (χ1v) is 7.05. The molecule has 0 radical (unpaired) electrons. The van der Waals surface area contributed by atoms with E-state index in [9.17, 15) is 13.2 Å². The quantitative estimate of drug-likeness (QED) is 0.923. The summed E-state index contributed by atoms with van der Waals surface area (Å²) in [6, 6.07) is 4.78. The van der Waals surface area contributed by atoms with E-state index < -0.39 is 6.36 Å². The van der Waals surface area contributed by atoms with Gasteiger partial charge in [0.2, 0.25) is 0 Å². The second-order valence-corrected chi connectivity index (χ2v) is 5.55. The summed E-state index contributed by atoms with van der Waals surface area (Å²) in [5.74, 6) is -0.202. The Hall–Kier alpha value is -1.27. The van der Waals surface area contributed by atoms with Crippen LogP contribution in [-0.2, 0) is 11.3 Å². The number of ether oxygens (including phenoxy) is 2. The van der Waals surface area contributed by atoms with Gasteiger partial charge in [-0.25, -0.2) is 0 Å². The fraction of sp³-hybridized carbons (Fsp3) is 0.600. The number of hydrogen-bond acceptors (Lipinski definition) is 3. The standard InChI is InChI=1S/C15H20F3NO2/c1-10-6-11(8-14(7-10)21-15(16,17)18)9-20-13-4-2-12(19)3-5-13/h6-8,12-13H,2-5,9,19H2,1H3/t12-,13+. The number of hydrogen-bond donors (Lipinski definition) is 1. The molecule has 0 aliphatic heterocycles. The zero-order valence-corrected chi connectivity index (χ0v) is 12.0. The molecule has 0 amide bonds. The summed E-state index contributed by atoms with van der Waals surface area (Å²) < 4.78 is 46.5. The van der Waals surface area contributed by atoms with Gasteiger partial charge in [0, 0.05) is 6.04 Å². The topological polar surface area (TPSA) is 44.5 Å². The molecule has 1 aromatic rings. The first-order chi connectivity index (χ1) is 9.82. The van der Waals surface area contributed by atoms with Crippen LogP contribution in [0.3, 0.4) is 0 Å². The number of aryl methyl sites for hydroxylation is 1. The van der Waals surface area contributed by atoms with Crippen LogP contribution < -0.4 is 10.5 Å². The number of nitrogens with two attached hydrogens (primary N) is 1. The van der Waals surface area contributed by atoms with Crippen molar-refractivity contribution < 1.29 is 22.6 Å². The highest BCUT2D eigenvalue weighted by atomic mass is 19.4. The Morgan fingerprint density at radius 1 is 1.14 bits per heavy atom. The molecule has 3 nitrogen and oxygen atoms in total. The van der Waals surface area contributed by atoms with Crippen LogP contribution >= 0.6 is 0 Å². The van der Waals surface area contributed by atoms with Crippen molar-refractivity contribution >= 4 is 0 Å². The van der Waals surface area contributed by atoms with E-state index in [0.717, 1.165) is 25.7 Å². The van der Waals surface area contributed by atoms with E-state index >= 15 is 0 Å². The third-order valence-electron chi connectivity index (χ3n) is 3.55. The summed E-state index contributed by atoms with van der Waals surface area (Å²) in [6.07, 6.45) is -0.872. The van der Waals surface area contributed by atoms with Gasteiger partial charge >= 0.3 is 6.36 Å². The Labute approximate surface area is 122 Å². The monoisotopic (exact) mass is 303 g/mol. The lowest BCUT2D eigenvalue weighted by molar-refractivity contribution is -0.274. The van der Waals surface area contributed by atoms with Crippen molar-refractivity contribution in [2.75, 3.05) is 0 Å². The van der Waals surface area contributed by atoms with Gasteiger partial charge < -0.3 is 15.2 Å². The number of benzene rings is 1. The molecule has 6 heteroatoms. The molecular weight excluding hydrogens is 283 g/mol. The maximum Gasteiger partial charge on any atom is 0.573 e. The van der Waals surface area contributed by atoms with Crippen LogP contribution in [0.15, 0.2) is 18.2 Å². The van der Waals surface area contributed by atoms with Crippen LogP contribution in [0.5, 0.6) is 5.75 Å². The normalized spacial score (nSPS) is 23.1. The van der Waals surface area contributed by atoms with Crippen LogP contribution in [0.25, 0.3) is 0 Å². The highest BCUT2D eigenvalue weighted by Crippen LogP contribution is 2.26. The Kier molecular flexibility index (Phi) is 5.11.